The number of halogens is 4. The summed E-state index contributed by atoms with van der Waals surface area (Å²) in [4.78, 5) is 0. The van der Waals surface area contributed by atoms with E-state index in [1.165, 1.54) is 18.2 Å². The molecule has 0 amide bonds. The lowest BCUT2D eigenvalue weighted by atomic mass is 9.80. The van der Waals surface area contributed by atoms with E-state index in [0.29, 0.717) is 42.4 Å². The third kappa shape index (κ3) is 3.39. The molecule has 130 valence electrons. The highest BCUT2D eigenvalue weighted by molar-refractivity contribution is 5.42. The number of rotatable bonds is 3. The first-order chi connectivity index (χ1) is 11.9. The summed E-state index contributed by atoms with van der Waals surface area (Å²) in [5.41, 5.74) is 0.996. The molecule has 1 nitrogen and oxygen atoms in total. The average Bonchev–Trinajstić information content (AvgIpc) is 2.54. The first-order valence-electron chi connectivity index (χ1n) is 8.25. The molecule has 1 atom stereocenters. The van der Waals surface area contributed by atoms with Gasteiger partial charge in [0, 0.05) is 5.56 Å². The van der Waals surface area contributed by atoms with Gasteiger partial charge in [-0.2, -0.15) is 5.26 Å². The molecule has 2 aromatic rings. The van der Waals surface area contributed by atoms with Crippen LogP contribution >= 0.6 is 0 Å². The first-order valence-corrected chi connectivity index (χ1v) is 8.25. The molecule has 2 aromatic carbocycles. The van der Waals surface area contributed by atoms with Crippen LogP contribution in [0, 0.1) is 47.4 Å². The Morgan fingerprint density at radius 2 is 1.76 bits per heavy atom. The molecule has 0 saturated carbocycles. The van der Waals surface area contributed by atoms with Gasteiger partial charge in [-0.05, 0) is 79.8 Å². The molecule has 0 spiro atoms. The zero-order valence-electron chi connectivity index (χ0n) is 13.8. The lowest BCUT2D eigenvalue weighted by molar-refractivity contribution is 0.408. The number of hydrogen-bond acceptors (Lipinski definition) is 1. The van der Waals surface area contributed by atoms with Gasteiger partial charge < -0.3 is 0 Å². The van der Waals surface area contributed by atoms with Gasteiger partial charge in [-0.15, -0.1) is 0 Å². The van der Waals surface area contributed by atoms with E-state index in [9.17, 15) is 17.6 Å². The number of nitrogens with zero attached hydrogens (tertiary/aromatic N) is 1. The van der Waals surface area contributed by atoms with Crippen molar-refractivity contribution in [3.8, 4) is 6.07 Å². The van der Waals surface area contributed by atoms with Gasteiger partial charge in [-0.1, -0.05) is 0 Å². The van der Waals surface area contributed by atoms with Gasteiger partial charge in [0.05, 0.1) is 0 Å². The third-order valence-corrected chi connectivity index (χ3v) is 4.92. The van der Waals surface area contributed by atoms with Gasteiger partial charge >= 0.3 is 0 Å². The molecule has 0 saturated heterocycles. The lowest BCUT2D eigenvalue weighted by Crippen LogP contribution is -2.18. The monoisotopic (exact) mass is 347 g/mol. The van der Waals surface area contributed by atoms with Crippen LogP contribution in [0.25, 0.3) is 0 Å². The predicted octanol–water partition coefficient (Wildman–Crippen LogP) is 5.16. The largest absolute Gasteiger partial charge is 0.207 e. The highest BCUT2D eigenvalue weighted by Gasteiger charge is 2.25. The molecule has 0 bridgehead atoms. The standard InChI is InChI=1S/C20H17F4N/c1-11-6-17(21)15(18(22)7-11)5-3-12-2-4-14-13(8-12)9-19(23)16(10-25)20(14)24/h6-7,9,12H,2-5,8H2,1H3. The molecule has 0 aliphatic heterocycles. The molecule has 1 unspecified atom stereocenters. The Morgan fingerprint density at radius 1 is 1.08 bits per heavy atom. The maximum atomic E-state index is 14.2. The quantitative estimate of drug-likeness (QED) is 0.704. The maximum Gasteiger partial charge on any atom is 0.147 e. The number of benzene rings is 2. The maximum absolute atomic E-state index is 14.2. The Balaban J connectivity index is 1.75. The normalized spacial score (nSPS) is 16.4. The van der Waals surface area contributed by atoms with Crippen LogP contribution in [0.1, 0.15) is 40.7 Å². The fourth-order valence-corrected chi connectivity index (χ4v) is 3.59. The summed E-state index contributed by atoms with van der Waals surface area (Å²) in [7, 11) is 0. The Kier molecular flexibility index (Phi) is 4.80. The summed E-state index contributed by atoms with van der Waals surface area (Å²) < 4.78 is 55.8. The van der Waals surface area contributed by atoms with Crippen LogP contribution in [-0.4, -0.2) is 0 Å². The van der Waals surface area contributed by atoms with Gasteiger partial charge in [0.2, 0.25) is 0 Å². The number of aryl methyl sites for hydroxylation is 1. The minimum absolute atomic E-state index is 0.0635. The Bertz CT molecular complexity index is 844. The number of nitriles is 1. The molecule has 1 aliphatic rings. The van der Waals surface area contributed by atoms with Crippen LogP contribution in [0.4, 0.5) is 17.6 Å². The van der Waals surface area contributed by atoms with Gasteiger partial charge in [-0.25, -0.2) is 17.6 Å². The smallest absolute Gasteiger partial charge is 0.147 e. The lowest BCUT2D eigenvalue weighted by Gasteiger charge is -2.25. The summed E-state index contributed by atoms with van der Waals surface area (Å²) in [6, 6.07) is 5.39. The van der Waals surface area contributed by atoms with Crippen molar-refractivity contribution in [2.45, 2.75) is 39.0 Å². The average molecular weight is 347 g/mol. The van der Waals surface area contributed by atoms with E-state index in [-0.39, 0.29) is 17.9 Å². The summed E-state index contributed by atoms with van der Waals surface area (Å²) in [6.45, 7) is 1.63. The molecule has 0 radical (unpaired) electrons. The Labute approximate surface area is 143 Å². The molecule has 0 fully saturated rings. The van der Waals surface area contributed by atoms with Crippen LogP contribution in [0.15, 0.2) is 18.2 Å². The number of fused-ring (bicyclic) bond motifs is 1. The Hall–Kier alpha value is -2.35. The zero-order valence-corrected chi connectivity index (χ0v) is 13.8. The predicted molar refractivity (Wildman–Crippen MR) is 86.0 cm³/mol. The van der Waals surface area contributed by atoms with Gasteiger partial charge in [-0.3, -0.25) is 0 Å². The first kappa shape index (κ1) is 17.5. The third-order valence-electron chi connectivity index (χ3n) is 4.92. The van der Waals surface area contributed by atoms with E-state index in [1.807, 2.05) is 0 Å². The van der Waals surface area contributed by atoms with E-state index < -0.39 is 28.8 Å². The van der Waals surface area contributed by atoms with E-state index in [2.05, 4.69) is 0 Å². The SMILES string of the molecule is Cc1cc(F)c(CCC2CCc3c(cc(F)c(C#N)c3F)C2)c(F)c1. The van der Waals surface area contributed by atoms with E-state index in [4.69, 9.17) is 5.26 Å². The molecule has 5 heteroatoms. The molecule has 0 aromatic heterocycles. The fraction of sp³-hybridized carbons (Fsp3) is 0.350. The molecule has 0 N–H and O–H groups in total. The summed E-state index contributed by atoms with van der Waals surface area (Å²) >= 11 is 0. The second-order valence-electron chi connectivity index (χ2n) is 6.65. The van der Waals surface area contributed by atoms with Crippen LogP contribution in [0.2, 0.25) is 0 Å². The van der Waals surface area contributed by atoms with E-state index in [1.54, 1.807) is 13.0 Å². The van der Waals surface area contributed by atoms with Crippen molar-refractivity contribution < 1.29 is 17.6 Å². The van der Waals surface area contributed by atoms with Crippen LogP contribution in [0.5, 0.6) is 0 Å². The molecule has 1 aliphatic carbocycles. The summed E-state index contributed by atoms with van der Waals surface area (Å²) in [6.07, 6.45) is 2.29. The molecule has 25 heavy (non-hydrogen) atoms. The van der Waals surface area contributed by atoms with Crippen molar-refractivity contribution in [2.75, 3.05) is 0 Å². The number of hydrogen-bond donors (Lipinski definition) is 0. The molecular weight excluding hydrogens is 330 g/mol. The molecule has 0 heterocycles. The van der Waals surface area contributed by atoms with Gasteiger partial charge in [0.25, 0.3) is 0 Å². The van der Waals surface area contributed by atoms with Crippen LogP contribution in [0.3, 0.4) is 0 Å². The van der Waals surface area contributed by atoms with Crippen LogP contribution < -0.4 is 0 Å². The zero-order chi connectivity index (χ0) is 18.1. The fourth-order valence-electron chi connectivity index (χ4n) is 3.59. The van der Waals surface area contributed by atoms with Gasteiger partial charge in [0.15, 0.2) is 0 Å². The van der Waals surface area contributed by atoms with Crippen molar-refractivity contribution in [3.05, 3.63) is 69.3 Å². The van der Waals surface area contributed by atoms with Crippen LogP contribution in [-0.2, 0) is 19.3 Å². The summed E-state index contributed by atoms with van der Waals surface area (Å²) in [5, 5.41) is 8.83. The summed E-state index contributed by atoms with van der Waals surface area (Å²) in [5.74, 6) is -2.63. The molecular formula is C20H17F4N. The minimum atomic E-state index is -0.852. The van der Waals surface area contributed by atoms with Crippen molar-refractivity contribution >= 4 is 0 Å². The topological polar surface area (TPSA) is 23.8 Å². The second-order valence-corrected chi connectivity index (χ2v) is 6.65. The second kappa shape index (κ2) is 6.87. The van der Waals surface area contributed by atoms with E-state index in [0.717, 1.165) is 0 Å². The Morgan fingerprint density at radius 3 is 2.40 bits per heavy atom. The van der Waals surface area contributed by atoms with Gasteiger partial charge in [0.1, 0.15) is 34.9 Å². The highest BCUT2D eigenvalue weighted by Crippen LogP contribution is 2.33. The highest BCUT2D eigenvalue weighted by atomic mass is 19.1. The molecule has 3 rings (SSSR count). The van der Waals surface area contributed by atoms with Crippen molar-refractivity contribution in [2.24, 2.45) is 5.92 Å². The van der Waals surface area contributed by atoms with E-state index >= 15 is 0 Å². The van der Waals surface area contributed by atoms with Crippen molar-refractivity contribution in [1.29, 1.82) is 5.26 Å². The van der Waals surface area contributed by atoms with Crippen molar-refractivity contribution in [3.63, 3.8) is 0 Å². The minimum Gasteiger partial charge on any atom is -0.207 e. The van der Waals surface area contributed by atoms with Crippen molar-refractivity contribution in [1.82, 2.24) is 0 Å².